The number of methoxy groups -OCH3 is 1. The second-order valence-electron chi connectivity index (χ2n) is 8.09. The van der Waals surface area contributed by atoms with Gasteiger partial charge in [0.05, 0.1) is 6.42 Å². The first-order chi connectivity index (χ1) is 16.5. The zero-order valence-corrected chi connectivity index (χ0v) is 19.7. The molecule has 0 saturated carbocycles. The minimum Gasteiger partial charge on any atom is -0.385 e. The van der Waals surface area contributed by atoms with Gasteiger partial charge in [-0.25, -0.2) is 9.97 Å². The van der Waals surface area contributed by atoms with Gasteiger partial charge in [-0.15, -0.1) is 0 Å². The van der Waals surface area contributed by atoms with Gasteiger partial charge < -0.3 is 14.5 Å². The molecule has 0 spiro atoms. The summed E-state index contributed by atoms with van der Waals surface area (Å²) in [6.07, 6.45) is 2.45. The van der Waals surface area contributed by atoms with Crippen molar-refractivity contribution in [3.63, 3.8) is 0 Å². The average Bonchev–Trinajstić information content (AvgIpc) is 2.85. The predicted molar refractivity (Wildman–Crippen MR) is 128 cm³/mol. The van der Waals surface area contributed by atoms with Gasteiger partial charge in [-0.3, -0.25) is 19.0 Å². The Morgan fingerprint density at radius 3 is 2.59 bits per heavy atom. The van der Waals surface area contributed by atoms with Gasteiger partial charge in [0.1, 0.15) is 5.52 Å². The van der Waals surface area contributed by atoms with Crippen molar-refractivity contribution in [3.8, 4) is 0 Å². The van der Waals surface area contributed by atoms with E-state index < -0.39 is 11.5 Å². The van der Waals surface area contributed by atoms with Crippen LogP contribution in [0.5, 0.6) is 0 Å². The van der Waals surface area contributed by atoms with E-state index >= 15 is 0 Å². The van der Waals surface area contributed by atoms with Gasteiger partial charge in [0, 0.05) is 57.7 Å². The van der Waals surface area contributed by atoms with Gasteiger partial charge in [0.2, 0.25) is 5.91 Å². The summed E-state index contributed by atoms with van der Waals surface area (Å²) in [6, 6.07) is 10.7. The van der Waals surface area contributed by atoms with Crippen LogP contribution in [0.25, 0.3) is 11.2 Å². The van der Waals surface area contributed by atoms with Gasteiger partial charge in [-0.1, -0.05) is 23.7 Å². The molecule has 1 aliphatic rings. The molecule has 9 nitrogen and oxygen atoms in total. The Hall–Kier alpha value is -3.30. The summed E-state index contributed by atoms with van der Waals surface area (Å²) < 4.78 is 6.58. The van der Waals surface area contributed by atoms with Crippen LogP contribution in [0.2, 0.25) is 5.02 Å². The zero-order chi connectivity index (χ0) is 24.1. The van der Waals surface area contributed by atoms with Crippen molar-refractivity contribution < 1.29 is 14.3 Å². The molecule has 2 amide bonds. The maximum atomic E-state index is 13.2. The molecule has 10 heteroatoms. The Balaban J connectivity index is 1.47. The fourth-order valence-corrected chi connectivity index (χ4v) is 4.24. The molecule has 0 atom stereocenters. The third-order valence-electron chi connectivity index (χ3n) is 5.80. The Bertz CT molecular complexity index is 1250. The summed E-state index contributed by atoms with van der Waals surface area (Å²) in [5, 5.41) is 0.590. The lowest BCUT2D eigenvalue weighted by Crippen LogP contribution is -2.52. The fraction of sp³-hybridized carbons (Fsp3) is 0.375. The smallest absolute Gasteiger partial charge is 0.283 e. The molecule has 3 aromatic rings. The van der Waals surface area contributed by atoms with Crippen molar-refractivity contribution in [2.45, 2.75) is 19.4 Å². The molecule has 34 heavy (non-hydrogen) atoms. The lowest BCUT2D eigenvalue weighted by Gasteiger charge is -2.34. The number of halogens is 1. The van der Waals surface area contributed by atoms with Crippen molar-refractivity contribution in [1.29, 1.82) is 0 Å². The van der Waals surface area contributed by atoms with E-state index in [1.807, 2.05) is 12.1 Å². The van der Waals surface area contributed by atoms with Gasteiger partial charge in [0.15, 0.2) is 11.3 Å². The highest BCUT2D eigenvalue weighted by Crippen LogP contribution is 2.14. The monoisotopic (exact) mass is 483 g/mol. The van der Waals surface area contributed by atoms with E-state index in [-0.39, 0.29) is 18.0 Å². The number of aromatic nitrogens is 3. The Labute approximate surface area is 201 Å². The number of amides is 2. The van der Waals surface area contributed by atoms with Crippen LogP contribution in [0.1, 0.15) is 22.5 Å². The molecule has 1 saturated heterocycles. The number of nitrogens with zero attached hydrogens (tertiary/aromatic N) is 5. The summed E-state index contributed by atoms with van der Waals surface area (Å²) >= 11 is 6.01. The molecule has 1 aliphatic heterocycles. The minimum absolute atomic E-state index is 0.0234. The first-order valence-corrected chi connectivity index (χ1v) is 11.5. The highest BCUT2D eigenvalue weighted by atomic mass is 35.5. The van der Waals surface area contributed by atoms with Crippen molar-refractivity contribution in [2.24, 2.45) is 0 Å². The molecule has 0 N–H and O–H groups in total. The number of aryl methyl sites for hydroxylation is 1. The SMILES string of the molecule is COCCCn1c(=O)c(C(=O)N2CCN(C(=O)Cc3cccc(Cl)c3)CC2)nc2cccnc21. The second-order valence-corrected chi connectivity index (χ2v) is 8.53. The van der Waals surface area contributed by atoms with Crippen LogP contribution in [0, 0.1) is 0 Å². The van der Waals surface area contributed by atoms with Crippen LogP contribution in [0.3, 0.4) is 0 Å². The molecule has 1 aromatic carbocycles. The average molecular weight is 484 g/mol. The number of hydrogen-bond donors (Lipinski definition) is 0. The standard InChI is InChI=1S/C24H26ClN5O4/c1-34-14-4-9-30-22-19(7-3-8-26-22)27-21(24(30)33)23(32)29-12-10-28(11-13-29)20(31)16-17-5-2-6-18(25)15-17/h2-3,5-8,15H,4,9-14,16H2,1H3. The predicted octanol–water partition coefficient (Wildman–Crippen LogP) is 2.01. The van der Waals surface area contributed by atoms with Crippen LogP contribution < -0.4 is 5.56 Å². The van der Waals surface area contributed by atoms with Gasteiger partial charge in [0.25, 0.3) is 11.5 Å². The number of rotatable bonds is 7. The number of carbonyl (C=O) groups excluding carboxylic acids is 2. The number of fused-ring (bicyclic) bond motifs is 1. The topological polar surface area (TPSA) is 97.6 Å². The normalized spacial score (nSPS) is 13.9. The van der Waals surface area contributed by atoms with Crippen molar-refractivity contribution in [2.75, 3.05) is 39.9 Å². The largest absolute Gasteiger partial charge is 0.385 e. The molecule has 0 bridgehead atoms. The number of pyridine rings is 1. The Morgan fingerprint density at radius 2 is 1.85 bits per heavy atom. The molecule has 0 aliphatic carbocycles. The van der Waals surface area contributed by atoms with Crippen molar-refractivity contribution in [1.82, 2.24) is 24.3 Å². The summed E-state index contributed by atoms with van der Waals surface area (Å²) in [4.78, 5) is 51.0. The lowest BCUT2D eigenvalue weighted by atomic mass is 10.1. The minimum atomic E-state index is -0.466. The van der Waals surface area contributed by atoms with Crippen LogP contribution in [-0.4, -0.2) is 76.0 Å². The number of benzene rings is 1. The number of ether oxygens (including phenoxy) is 1. The Kier molecular flexibility index (Phi) is 7.54. The molecule has 1 fully saturated rings. The summed E-state index contributed by atoms with van der Waals surface area (Å²) in [7, 11) is 1.60. The maximum Gasteiger partial charge on any atom is 0.283 e. The maximum absolute atomic E-state index is 13.2. The summed E-state index contributed by atoms with van der Waals surface area (Å²) in [6.45, 7) is 2.29. The third-order valence-corrected chi connectivity index (χ3v) is 6.03. The van der Waals surface area contributed by atoms with E-state index in [2.05, 4.69) is 9.97 Å². The van der Waals surface area contributed by atoms with Gasteiger partial charge >= 0.3 is 0 Å². The molecule has 0 unspecified atom stereocenters. The summed E-state index contributed by atoms with van der Waals surface area (Å²) in [5.41, 5.74) is 1.18. The zero-order valence-electron chi connectivity index (χ0n) is 18.9. The molecule has 3 heterocycles. The second kappa shape index (κ2) is 10.8. The van der Waals surface area contributed by atoms with Crippen molar-refractivity contribution >= 4 is 34.6 Å². The van der Waals surface area contributed by atoms with E-state index in [9.17, 15) is 14.4 Å². The summed E-state index contributed by atoms with van der Waals surface area (Å²) in [5.74, 6) is -0.456. The molecular formula is C24H26ClN5O4. The van der Waals surface area contributed by atoms with Crippen molar-refractivity contribution in [3.05, 3.63) is 69.2 Å². The number of hydrogen-bond acceptors (Lipinski definition) is 6. The number of carbonyl (C=O) groups is 2. The lowest BCUT2D eigenvalue weighted by molar-refractivity contribution is -0.131. The van der Waals surface area contributed by atoms with Crippen LogP contribution in [-0.2, 0) is 22.5 Å². The quantitative estimate of drug-likeness (QED) is 0.477. The molecule has 0 radical (unpaired) electrons. The highest BCUT2D eigenvalue weighted by Gasteiger charge is 2.28. The molecule has 2 aromatic heterocycles. The molecule has 178 valence electrons. The molecular weight excluding hydrogens is 458 g/mol. The van der Waals surface area contributed by atoms with Crippen LogP contribution in [0.15, 0.2) is 47.4 Å². The van der Waals surface area contributed by atoms with Gasteiger partial charge in [-0.2, -0.15) is 0 Å². The van der Waals surface area contributed by atoms with Crippen LogP contribution >= 0.6 is 11.6 Å². The molecule has 4 rings (SSSR count). The third kappa shape index (κ3) is 5.26. The Morgan fingerprint density at radius 1 is 1.09 bits per heavy atom. The van der Waals surface area contributed by atoms with Gasteiger partial charge in [-0.05, 0) is 36.2 Å². The van der Waals surface area contributed by atoms with E-state index in [0.717, 1.165) is 5.56 Å². The van der Waals surface area contributed by atoms with E-state index in [1.54, 1.807) is 47.4 Å². The fourth-order valence-electron chi connectivity index (χ4n) is 4.03. The first kappa shape index (κ1) is 23.8. The first-order valence-electron chi connectivity index (χ1n) is 11.1. The van der Waals surface area contributed by atoms with E-state index in [0.29, 0.717) is 61.9 Å². The van der Waals surface area contributed by atoms with E-state index in [1.165, 1.54) is 4.57 Å². The highest BCUT2D eigenvalue weighted by molar-refractivity contribution is 6.30. The van der Waals surface area contributed by atoms with Crippen LogP contribution in [0.4, 0.5) is 0 Å². The van der Waals surface area contributed by atoms with E-state index in [4.69, 9.17) is 16.3 Å². The number of piperazine rings is 1.